The molecule has 7 nitrogen and oxygen atoms in total. The Morgan fingerprint density at radius 1 is 1.42 bits per heavy atom. The van der Waals surface area contributed by atoms with Crippen LogP contribution in [0.2, 0.25) is 0 Å². The zero-order chi connectivity index (χ0) is 13.2. The van der Waals surface area contributed by atoms with Crippen LogP contribution in [0.1, 0.15) is 41.1 Å². The SMILES string of the molecule is O=C(NCc1ncc(Br)cn1)c1nc(C2CC2)no1. The third-order valence-electron chi connectivity index (χ3n) is 2.66. The minimum atomic E-state index is -0.411. The van der Waals surface area contributed by atoms with Gasteiger partial charge in [-0.15, -0.1) is 0 Å². The molecule has 0 atom stereocenters. The average Bonchev–Trinajstić information content (AvgIpc) is 3.15. The van der Waals surface area contributed by atoms with Gasteiger partial charge in [0.15, 0.2) is 5.82 Å². The molecule has 2 aromatic rings. The molecule has 2 aromatic heterocycles. The van der Waals surface area contributed by atoms with Gasteiger partial charge in [0, 0.05) is 18.3 Å². The molecule has 0 radical (unpaired) electrons. The van der Waals surface area contributed by atoms with E-state index in [1.807, 2.05) is 0 Å². The molecule has 1 amide bonds. The van der Waals surface area contributed by atoms with Gasteiger partial charge in [-0.05, 0) is 28.8 Å². The van der Waals surface area contributed by atoms with Crippen LogP contribution in [0, 0.1) is 0 Å². The minimum Gasteiger partial charge on any atom is -0.341 e. The maximum absolute atomic E-state index is 11.8. The highest BCUT2D eigenvalue weighted by molar-refractivity contribution is 9.10. The van der Waals surface area contributed by atoms with Crippen LogP contribution in [0.5, 0.6) is 0 Å². The van der Waals surface area contributed by atoms with E-state index in [1.54, 1.807) is 12.4 Å². The van der Waals surface area contributed by atoms with Crippen LogP contribution >= 0.6 is 15.9 Å². The number of aromatic nitrogens is 4. The van der Waals surface area contributed by atoms with Crippen LogP contribution in [0.15, 0.2) is 21.4 Å². The molecule has 0 unspecified atom stereocenters. The van der Waals surface area contributed by atoms with Gasteiger partial charge in [0.25, 0.3) is 0 Å². The lowest BCUT2D eigenvalue weighted by Crippen LogP contribution is -2.24. The highest BCUT2D eigenvalue weighted by Crippen LogP contribution is 2.37. The topological polar surface area (TPSA) is 93.8 Å². The summed E-state index contributed by atoms with van der Waals surface area (Å²) in [7, 11) is 0. The molecular formula is C11H10BrN5O2. The van der Waals surface area contributed by atoms with Gasteiger partial charge in [-0.3, -0.25) is 4.79 Å². The van der Waals surface area contributed by atoms with Crippen molar-refractivity contribution in [3.63, 3.8) is 0 Å². The van der Waals surface area contributed by atoms with E-state index in [1.165, 1.54) is 0 Å². The molecule has 1 aliphatic rings. The first-order valence-corrected chi connectivity index (χ1v) is 6.60. The van der Waals surface area contributed by atoms with E-state index >= 15 is 0 Å². The molecule has 1 aliphatic carbocycles. The minimum absolute atomic E-state index is 0.0148. The largest absolute Gasteiger partial charge is 0.341 e. The number of nitrogens with zero attached hydrogens (tertiary/aromatic N) is 4. The fourth-order valence-corrected chi connectivity index (χ4v) is 1.70. The summed E-state index contributed by atoms with van der Waals surface area (Å²) in [6.07, 6.45) is 5.36. The average molecular weight is 324 g/mol. The smallest absolute Gasteiger partial charge is 0.315 e. The van der Waals surface area contributed by atoms with Crippen LogP contribution in [0.25, 0.3) is 0 Å². The number of carbonyl (C=O) groups excluding carboxylic acids is 1. The second-order valence-electron chi connectivity index (χ2n) is 4.23. The van der Waals surface area contributed by atoms with Crippen LogP contribution in [-0.2, 0) is 6.54 Å². The van der Waals surface area contributed by atoms with Gasteiger partial charge in [0.05, 0.1) is 11.0 Å². The van der Waals surface area contributed by atoms with Crippen molar-refractivity contribution in [3.8, 4) is 0 Å². The van der Waals surface area contributed by atoms with E-state index in [0.29, 0.717) is 17.6 Å². The van der Waals surface area contributed by atoms with Crippen molar-refractivity contribution in [3.05, 3.63) is 34.4 Å². The van der Waals surface area contributed by atoms with Crippen LogP contribution in [0.4, 0.5) is 0 Å². The predicted octanol–water partition coefficient (Wildman–Crippen LogP) is 1.43. The quantitative estimate of drug-likeness (QED) is 0.914. The van der Waals surface area contributed by atoms with E-state index < -0.39 is 5.91 Å². The maximum atomic E-state index is 11.8. The monoisotopic (exact) mass is 323 g/mol. The molecule has 0 bridgehead atoms. The molecule has 98 valence electrons. The zero-order valence-electron chi connectivity index (χ0n) is 9.84. The third-order valence-corrected chi connectivity index (χ3v) is 3.07. The number of rotatable bonds is 4. The van der Waals surface area contributed by atoms with E-state index in [0.717, 1.165) is 17.3 Å². The van der Waals surface area contributed by atoms with Crippen LogP contribution < -0.4 is 5.32 Å². The summed E-state index contributed by atoms with van der Waals surface area (Å²) < 4.78 is 5.70. The lowest BCUT2D eigenvalue weighted by molar-refractivity contribution is 0.0906. The molecule has 1 N–H and O–H groups in total. The van der Waals surface area contributed by atoms with E-state index in [4.69, 9.17) is 4.52 Å². The fraction of sp³-hybridized carbons (Fsp3) is 0.364. The summed E-state index contributed by atoms with van der Waals surface area (Å²) in [5, 5.41) is 6.41. The van der Waals surface area contributed by atoms with E-state index in [9.17, 15) is 4.79 Å². The molecule has 0 spiro atoms. The molecule has 0 aliphatic heterocycles. The Bertz CT molecular complexity index is 593. The van der Waals surface area contributed by atoms with Gasteiger partial charge < -0.3 is 9.84 Å². The standard InChI is InChI=1S/C11H10BrN5O2/c12-7-3-13-8(14-4-7)5-15-10(18)11-16-9(17-19-11)6-1-2-6/h3-4,6H,1-2,5H2,(H,15,18). The third kappa shape index (κ3) is 2.95. The summed E-state index contributed by atoms with van der Waals surface area (Å²) in [6, 6.07) is 0. The number of hydrogen-bond donors (Lipinski definition) is 1. The van der Waals surface area contributed by atoms with Crippen molar-refractivity contribution < 1.29 is 9.32 Å². The number of nitrogens with one attached hydrogen (secondary N) is 1. The van der Waals surface area contributed by atoms with Gasteiger partial charge in [-0.25, -0.2) is 9.97 Å². The van der Waals surface area contributed by atoms with Crippen LogP contribution in [0.3, 0.4) is 0 Å². The first-order valence-electron chi connectivity index (χ1n) is 5.80. The Hall–Kier alpha value is -1.83. The lowest BCUT2D eigenvalue weighted by atomic mass is 10.4. The number of carbonyl (C=O) groups is 1. The van der Waals surface area contributed by atoms with Crippen molar-refractivity contribution in [2.75, 3.05) is 0 Å². The van der Waals surface area contributed by atoms with Gasteiger partial charge in [0.1, 0.15) is 5.82 Å². The summed E-state index contributed by atoms with van der Waals surface area (Å²) in [4.78, 5) is 23.9. The van der Waals surface area contributed by atoms with Crippen molar-refractivity contribution in [2.45, 2.75) is 25.3 Å². The normalized spacial score (nSPS) is 14.4. The van der Waals surface area contributed by atoms with Crippen LogP contribution in [-0.4, -0.2) is 26.0 Å². The van der Waals surface area contributed by atoms with Gasteiger partial charge in [-0.2, -0.15) is 4.98 Å². The molecule has 3 rings (SSSR count). The lowest BCUT2D eigenvalue weighted by Gasteiger charge is -2.00. The van der Waals surface area contributed by atoms with Crippen molar-refractivity contribution in [2.24, 2.45) is 0 Å². The van der Waals surface area contributed by atoms with Crippen molar-refractivity contribution in [1.29, 1.82) is 0 Å². The number of halogens is 1. The second kappa shape index (κ2) is 5.04. The van der Waals surface area contributed by atoms with Gasteiger partial charge in [-0.1, -0.05) is 5.16 Å². The second-order valence-corrected chi connectivity index (χ2v) is 5.15. The Morgan fingerprint density at radius 2 is 2.16 bits per heavy atom. The summed E-state index contributed by atoms with van der Waals surface area (Å²) >= 11 is 3.24. The molecule has 0 saturated heterocycles. The molecule has 2 heterocycles. The predicted molar refractivity (Wildman–Crippen MR) is 67.2 cm³/mol. The van der Waals surface area contributed by atoms with Crippen molar-refractivity contribution in [1.82, 2.24) is 25.4 Å². The number of amides is 1. The van der Waals surface area contributed by atoms with E-state index in [-0.39, 0.29) is 12.4 Å². The first kappa shape index (κ1) is 12.2. The Balaban J connectivity index is 1.59. The zero-order valence-corrected chi connectivity index (χ0v) is 11.4. The Kier molecular flexibility index (Phi) is 3.24. The summed E-state index contributed by atoms with van der Waals surface area (Å²) in [6.45, 7) is 0.216. The Morgan fingerprint density at radius 3 is 2.84 bits per heavy atom. The maximum Gasteiger partial charge on any atom is 0.315 e. The molecule has 0 aromatic carbocycles. The summed E-state index contributed by atoms with van der Waals surface area (Å²) in [5.41, 5.74) is 0. The highest BCUT2D eigenvalue weighted by atomic mass is 79.9. The number of hydrogen-bond acceptors (Lipinski definition) is 6. The fourth-order valence-electron chi connectivity index (χ4n) is 1.50. The van der Waals surface area contributed by atoms with Crippen molar-refractivity contribution >= 4 is 21.8 Å². The Labute approximate surface area is 117 Å². The molecule has 19 heavy (non-hydrogen) atoms. The van der Waals surface area contributed by atoms with Gasteiger partial charge >= 0.3 is 11.8 Å². The molecule has 1 fully saturated rings. The highest BCUT2D eigenvalue weighted by Gasteiger charge is 2.29. The molecule has 1 saturated carbocycles. The molecule has 8 heteroatoms. The first-order chi connectivity index (χ1) is 9.22. The summed E-state index contributed by atoms with van der Waals surface area (Å²) in [5.74, 6) is 1.06. The molecular weight excluding hydrogens is 314 g/mol. The van der Waals surface area contributed by atoms with E-state index in [2.05, 4.69) is 41.4 Å². The van der Waals surface area contributed by atoms with Gasteiger partial charge in [0.2, 0.25) is 0 Å².